The zero-order chi connectivity index (χ0) is 65.4. The summed E-state index contributed by atoms with van der Waals surface area (Å²) in [5.74, 6) is 0.562. The van der Waals surface area contributed by atoms with Crippen molar-refractivity contribution < 1.29 is 34.0 Å². The van der Waals surface area contributed by atoms with Crippen molar-refractivity contribution in [1.29, 1.82) is 0 Å². The first kappa shape index (κ1) is 73.3. The number of aromatic nitrogens is 12. The third kappa shape index (κ3) is 19.5. The number of carbonyl (C=O) groups excluding carboxylic acids is 4. The number of hydrogen-bond acceptors (Lipinski definition) is 19. The van der Waals surface area contributed by atoms with Gasteiger partial charge in [-0.1, -0.05) is 82.1 Å². The number of amides is 3. The number of ether oxygens (including phenoxy) is 1. The summed E-state index contributed by atoms with van der Waals surface area (Å²) in [6, 6.07) is 35.4. The predicted molar refractivity (Wildman–Crippen MR) is 382 cm³/mol. The van der Waals surface area contributed by atoms with Gasteiger partial charge in [-0.3, -0.25) is 19.7 Å². The van der Waals surface area contributed by atoms with Gasteiger partial charge in [-0.15, -0.1) is 0 Å². The van der Waals surface area contributed by atoms with E-state index in [2.05, 4.69) is 121 Å². The van der Waals surface area contributed by atoms with Crippen molar-refractivity contribution in [2.75, 3.05) is 33.2 Å². The highest BCUT2D eigenvalue weighted by Gasteiger charge is 2.22. The van der Waals surface area contributed by atoms with Crippen LogP contribution in [-0.2, 0) is 19.1 Å². The number of halogens is 5. The molecule has 0 bridgehead atoms. The van der Waals surface area contributed by atoms with E-state index in [0.717, 1.165) is 37.8 Å². The maximum Gasteiger partial charge on any atom is 0.488 e. The van der Waals surface area contributed by atoms with Crippen LogP contribution in [0.2, 0.25) is 10.0 Å². The van der Waals surface area contributed by atoms with Crippen LogP contribution < -0.4 is 38.6 Å². The summed E-state index contributed by atoms with van der Waals surface area (Å²) < 4.78 is 11.7. The number of carbonyl (C=O) groups is 4. The summed E-state index contributed by atoms with van der Waals surface area (Å²) >= 11 is 20.4. The lowest BCUT2D eigenvalue weighted by molar-refractivity contribution is -0.112. The number of nitrogens with two attached hydrogens (primary N) is 3. The second kappa shape index (κ2) is 33.6. The second-order valence-electron chi connectivity index (χ2n) is 19.1. The van der Waals surface area contributed by atoms with Gasteiger partial charge in [0.1, 0.15) is 49.3 Å². The van der Waals surface area contributed by atoms with Gasteiger partial charge >= 0.3 is 13.2 Å². The molecule has 474 valence electrons. The van der Waals surface area contributed by atoms with Gasteiger partial charge in [0.2, 0.25) is 17.1 Å². The molecular weight excluding hydrogens is 1470 g/mol. The Morgan fingerprint density at radius 1 is 0.554 bits per heavy atom. The Morgan fingerprint density at radius 3 is 1.38 bits per heavy atom. The summed E-state index contributed by atoms with van der Waals surface area (Å²) in [5.41, 5.74) is 25.3. The van der Waals surface area contributed by atoms with Gasteiger partial charge in [0.05, 0.1) is 33.2 Å². The van der Waals surface area contributed by atoms with E-state index in [0.29, 0.717) is 87.1 Å². The third-order valence-corrected chi connectivity index (χ3v) is 13.9. The fourth-order valence-electron chi connectivity index (χ4n) is 7.67. The molecule has 6 heterocycles. The fraction of sp³-hybridized carbons (Fsp3) is 0.0984. The molecule has 0 saturated carbocycles. The first-order chi connectivity index (χ1) is 42.9. The van der Waals surface area contributed by atoms with E-state index in [1.807, 2.05) is 48.5 Å². The minimum absolute atomic E-state index is 0. The number of fused-ring (bicyclic) bond motifs is 3. The number of rotatable bonds is 11. The van der Waals surface area contributed by atoms with Crippen LogP contribution >= 0.6 is 80.0 Å². The van der Waals surface area contributed by atoms with Crippen molar-refractivity contribution in [3.8, 4) is 28.3 Å². The Morgan fingerprint density at radius 2 is 0.946 bits per heavy atom. The molecule has 92 heavy (non-hydrogen) atoms. The summed E-state index contributed by atoms with van der Waals surface area (Å²) in [6.07, 6.45) is 7.08. The maximum absolute atomic E-state index is 12.1. The minimum Gasteiger partial charge on any atom is -0.444 e. The van der Waals surface area contributed by atoms with Crippen LogP contribution in [0.3, 0.4) is 0 Å². The molecule has 0 aliphatic carbocycles. The van der Waals surface area contributed by atoms with E-state index in [-0.39, 0.29) is 26.7 Å². The van der Waals surface area contributed by atoms with Crippen LogP contribution in [0.15, 0.2) is 178 Å². The molecule has 0 radical (unpaired) electrons. The number of anilines is 6. The van der Waals surface area contributed by atoms with E-state index in [9.17, 15) is 19.2 Å². The minimum atomic E-state index is -1.41. The Hall–Kier alpha value is -9.44. The highest BCUT2D eigenvalue weighted by atomic mass is 127. The zero-order valence-corrected chi connectivity index (χ0v) is 54.2. The van der Waals surface area contributed by atoms with Crippen molar-refractivity contribution in [3.63, 3.8) is 0 Å². The maximum atomic E-state index is 12.1. The van der Waals surface area contributed by atoms with Gasteiger partial charge in [-0.2, -0.15) is 15.3 Å². The van der Waals surface area contributed by atoms with Crippen LogP contribution in [0.4, 0.5) is 39.3 Å². The standard InChI is InChI=1S/C20H15ClN6O.C16H17IN6O2.C14H11IN6O.C6H6BClO2.C3H3ClO.2CH4/c1-2-16(28)25-14-7-9-15(10-8-14)27-20-17(19(22)23-11-24-20)18(26-27)12-3-5-13(21)6-4-12;1-16(2,3)25-15(24)21-13-11-12(17)22-23(14(11)20-8-19-13)10-6-4-9(18)5-7-10;1-2-10(22)19-8-3-5-9(6-4-8)21-14-11(12(15)20-21)13(16)17-7-18-14;8-6-3-1-5(2-4-6)7(9)10;1-2-3(4)5;;/h2-11H,1H2,(H,25,28)(H2,22,23,24);4-8H,18H2,1-3H3,(H,19,20,21,24);2-7H,1H2,(H,19,22)(H2,16,17,18);1-4,9-10H;2H,1H2;2*1H4. The second-order valence-corrected chi connectivity index (χ2v) is 22.4. The lowest BCUT2D eigenvalue weighted by Crippen LogP contribution is -2.29. The quantitative estimate of drug-likeness (QED) is 0.0196. The van der Waals surface area contributed by atoms with Crippen molar-refractivity contribution in [3.05, 3.63) is 196 Å². The van der Waals surface area contributed by atoms with Crippen LogP contribution in [0.5, 0.6) is 0 Å². The number of allylic oxidation sites excluding steroid dienone is 1. The van der Waals surface area contributed by atoms with Crippen molar-refractivity contribution >= 4 is 183 Å². The molecule has 11 rings (SSSR count). The summed E-state index contributed by atoms with van der Waals surface area (Å²) in [7, 11) is -1.41. The zero-order valence-electron chi connectivity index (χ0n) is 47.6. The lowest BCUT2D eigenvalue weighted by atomic mass is 9.81. The van der Waals surface area contributed by atoms with Crippen LogP contribution in [-0.4, -0.2) is 105 Å². The third-order valence-electron chi connectivity index (χ3n) is 11.7. The summed E-state index contributed by atoms with van der Waals surface area (Å²) in [4.78, 5) is 69.4. The van der Waals surface area contributed by atoms with E-state index >= 15 is 0 Å². The summed E-state index contributed by atoms with van der Waals surface area (Å²) in [6.45, 7) is 15.3. The Bertz CT molecular complexity index is 4400. The molecule has 0 spiro atoms. The van der Waals surface area contributed by atoms with Crippen molar-refractivity contribution in [2.24, 2.45) is 0 Å². The van der Waals surface area contributed by atoms with Crippen LogP contribution in [0, 0.1) is 7.40 Å². The number of hydrogen-bond donors (Lipinski definition) is 8. The largest absolute Gasteiger partial charge is 0.488 e. The van der Waals surface area contributed by atoms with E-state index in [1.54, 1.807) is 108 Å². The predicted octanol–water partition coefficient (Wildman–Crippen LogP) is 11.5. The van der Waals surface area contributed by atoms with Gasteiger partial charge < -0.3 is 42.6 Å². The molecule has 31 heteroatoms. The van der Waals surface area contributed by atoms with E-state index < -0.39 is 24.1 Å². The number of nitrogens with zero attached hydrogens (tertiary/aromatic N) is 12. The van der Waals surface area contributed by atoms with Crippen molar-refractivity contribution in [1.82, 2.24) is 59.2 Å². The summed E-state index contributed by atoms with van der Waals surface area (Å²) in [5, 5.41) is 41.7. The molecule has 0 aliphatic rings. The molecule has 0 saturated heterocycles. The first-order valence-electron chi connectivity index (χ1n) is 26.0. The normalized spacial score (nSPS) is 10.3. The molecular formula is C61H60BCl3I2N18O7. The van der Waals surface area contributed by atoms with E-state index in [1.165, 1.54) is 31.1 Å². The molecule has 3 amide bonds. The Kier molecular flexibility index (Phi) is 26.8. The van der Waals surface area contributed by atoms with Gasteiger partial charge in [-0.25, -0.2) is 48.7 Å². The molecule has 5 aromatic carbocycles. The molecule has 0 unspecified atom stereocenters. The van der Waals surface area contributed by atoms with Crippen LogP contribution in [0.25, 0.3) is 61.4 Å². The van der Waals surface area contributed by atoms with Crippen molar-refractivity contribution in [2.45, 2.75) is 41.2 Å². The highest BCUT2D eigenvalue weighted by molar-refractivity contribution is 14.1. The highest BCUT2D eigenvalue weighted by Crippen LogP contribution is 2.33. The SMILES string of the molecule is C.C.C=CC(=O)Cl.C=CC(=O)Nc1ccc(-n2nc(-c3ccc(Cl)cc3)c3c(N)ncnc32)cc1.C=CC(=O)Nc1ccc(-n2nc(I)c3c(N)ncnc32)cc1.CC(C)(C)OC(=O)Nc1ncnc2c1c(I)nn2-c1ccc(N)cc1.OB(O)c1ccc(Cl)cc1. The Balaban J connectivity index is 0.000000224. The first-order valence-corrected chi connectivity index (χ1v) is 29.3. The molecule has 0 aliphatic heterocycles. The molecule has 0 atom stereocenters. The molecule has 11 aromatic rings. The lowest BCUT2D eigenvalue weighted by Gasteiger charge is -2.19. The molecule has 25 nitrogen and oxygen atoms in total. The number of benzene rings is 5. The fourth-order valence-corrected chi connectivity index (χ4v) is 9.37. The van der Waals surface area contributed by atoms with E-state index in [4.69, 9.17) is 71.9 Å². The van der Waals surface area contributed by atoms with Gasteiger partial charge in [0.15, 0.2) is 22.8 Å². The average molecular weight is 1530 g/mol. The molecule has 0 fully saturated rings. The number of nitrogens with one attached hydrogen (secondary N) is 3. The molecule has 11 N–H and O–H groups in total. The topological polar surface area (TPSA) is 363 Å². The number of nitrogen functional groups attached to an aromatic ring is 3. The van der Waals surface area contributed by atoms with Gasteiger partial charge in [0.25, 0.3) is 0 Å². The van der Waals surface area contributed by atoms with Gasteiger partial charge in [-0.05, 0) is 198 Å². The van der Waals surface area contributed by atoms with Crippen LogP contribution in [0.1, 0.15) is 35.6 Å². The average Bonchev–Trinajstić information content (AvgIpc) is 1.66. The smallest absolute Gasteiger partial charge is 0.444 e. The van der Waals surface area contributed by atoms with Gasteiger partial charge in [0, 0.05) is 32.7 Å². The Labute approximate surface area is 570 Å². The molecule has 6 aromatic heterocycles. The monoisotopic (exact) mass is 1530 g/mol.